The minimum atomic E-state index is -0.0291. The summed E-state index contributed by atoms with van der Waals surface area (Å²) in [6.07, 6.45) is 0.987. The molecule has 0 saturated heterocycles. The van der Waals surface area contributed by atoms with Crippen LogP contribution in [-0.2, 0) is 11.3 Å². The molecule has 1 atom stereocenters. The summed E-state index contributed by atoms with van der Waals surface area (Å²) in [6.45, 7) is 4.00. The Bertz CT molecular complexity index is 849. The van der Waals surface area contributed by atoms with Gasteiger partial charge in [-0.15, -0.1) is 0 Å². The first-order valence-electron chi connectivity index (χ1n) is 10.5. The Morgan fingerprint density at radius 3 is 2.52 bits per heavy atom. The molecule has 0 bridgehead atoms. The first kappa shape index (κ1) is 24.2. The van der Waals surface area contributed by atoms with Gasteiger partial charge in [-0.2, -0.15) is 0 Å². The third-order valence-corrected chi connectivity index (χ3v) is 4.91. The molecule has 0 aliphatic carbocycles. The molecule has 2 aromatic rings. The maximum Gasteiger partial charge on any atom is 0.238 e. The van der Waals surface area contributed by atoms with Crippen LogP contribution in [0.1, 0.15) is 30.4 Å². The topological polar surface area (TPSA) is 78.0 Å². The lowest BCUT2D eigenvalue weighted by atomic mass is 9.98. The van der Waals surface area contributed by atoms with E-state index in [2.05, 4.69) is 40.0 Å². The molecule has 3 N–H and O–H groups in total. The number of anilines is 1. The van der Waals surface area contributed by atoms with E-state index in [1.54, 1.807) is 14.2 Å². The molecule has 1 unspecified atom stereocenters. The zero-order valence-electron chi connectivity index (χ0n) is 19.2. The van der Waals surface area contributed by atoms with Gasteiger partial charge in [-0.3, -0.25) is 9.79 Å². The monoisotopic (exact) mass is 425 g/mol. The molecule has 0 fully saturated rings. The molecule has 0 heterocycles. The Morgan fingerprint density at radius 1 is 1.13 bits per heavy atom. The Morgan fingerprint density at radius 2 is 1.87 bits per heavy atom. The Labute approximate surface area is 185 Å². The maximum atomic E-state index is 12.0. The Kier molecular flexibility index (Phi) is 9.84. The molecule has 0 saturated carbocycles. The van der Waals surface area contributed by atoms with Gasteiger partial charge < -0.3 is 25.6 Å². The van der Waals surface area contributed by atoms with Gasteiger partial charge in [-0.1, -0.05) is 31.2 Å². The predicted molar refractivity (Wildman–Crippen MR) is 128 cm³/mol. The molecule has 0 aliphatic rings. The van der Waals surface area contributed by atoms with Crippen LogP contribution in [0.5, 0.6) is 5.75 Å². The highest BCUT2D eigenvalue weighted by molar-refractivity contribution is 5.92. The molecule has 1 amide bonds. The van der Waals surface area contributed by atoms with Gasteiger partial charge in [-0.25, -0.2) is 0 Å². The number of carbonyl (C=O) groups is 1. The van der Waals surface area contributed by atoms with E-state index in [0.29, 0.717) is 19.0 Å². The number of hydrogen-bond donors (Lipinski definition) is 3. The van der Waals surface area contributed by atoms with Crippen LogP contribution in [0.4, 0.5) is 5.69 Å². The summed E-state index contributed by atoms with van der Waals surface area (Å²) in [7, 11) is 7.19. The average Bonchev–Trinajstić information content (AvgIpc) is 2.75. The van der Waals surface area contributed by atoms with Gasteiger partial charge in [0.25, 0.3) is 0 Å². The molecule has 2 rings (SSSR count). The molecule has 7 heteroatoms. The van der Waals surface area contributed by atoms with Crippen molar-refractivity contribution in [2.24, 2.45) is 4.99 Å². The van der Waals surface area contributed by atoms with Crippen molar-refractivity contribution in [2.45, 2.75) is 25.8 Å². The Hall–Kier alpha value is -3.06. The van der Waals surface area contributed by atoms with Crippen LogP contribution >= 0.6 is 0 Å². The molecule has 168 valence electrons. The van der Waals surface area contributed by atoms with Crippen molar-refractivity contribution >= 4 is 17.6 Å². The Balaban J connectivity index is 1.79. The van der Waals surface area contributed by atoms with Gasteiger partial charge in [0.2, 0.25) is 5.91 Å². The highest BCUT2D eigenvalue weighted by Gasteiger charge is 2.07. The number of carbonyl (C=O) groups excluding carboxylic acids is 1. The molecule has 0 aliphatic heterocycles. The molecule has 0 radical (unpaired) electrons. The van der Waals surface area contributed by atoms with Crippen molar-refractivity contribution in [1.82, 2.24) is 15.5 Å². The van der Waals surface area contributed by atoms with E-state index in [-0.39, 0.29) is 5.91 Å². The van der Waals surface area contributed by atoms with Gasteiger partial charge >= 0.3 is 0 Å². The summed E-state index contributed by atoms with van der Waals surface area (Å²) < 4.78 is 5.22. The second-order valence-corrected chi connectivity index (χ2v) is 7.80. The highest BCUT2D eigenvalue weighted by atomic mass is 16.5. The summed E-state index contributed by atoms with van der Waals surface area (Å²) in [5.74, 6) is 2.03. The van der Waals surface area contributed by atoms with Crippen molar-refractivity contribution in [3.63, 3.8) is 0 Å². The zero-order chi connectivity index (χ0) is 22.6. The fourth-order valence-electron chi connectivity index (χ4n) is 3.16. The van der Waals surface area contributed by atoms with Crippen LogP contribution in [0.2, 0.25) is 0 Å². The molecule has 7 nitrogen and oxygen atoms in total. The van der Waals surface area contributed by atoms with Crippen LogP contribution in [-0.4, -0.2) is 58.1 Å². The van der Waals surface area contributed by atoms with E-state index in [1.165, 1.54) is 5.56 Å². The number of ether oxygens (including phenoxy) is 1. The number of amides is 1. The molecule has 2 aromatic carbocycles. The maximum absolute atomic E-state index is 12.0. The van der Waals surface area contributed by atoms with Gasteiger partial charge in [0, 0.05) is 25.8 Å². The lowest BCUT2D eigenvalue weighted by Crippen LogP contribution is -2.37. The summed E-state index contributed by atoms with van der Waals surface area (Å²) in [5.41, 5.74) is 3.15. The van der Waals surface area contributed by atoms with Crippen LogP contribution in [0, 0.1) is 0 Å². The SMILES string of the molecule is CN=C(NCCC(C)c1ccc(OC)cc1)NCc1cccc(NC(=O)CN(C)C)c1. The highest BCUT2D eigenvalue weighted by Crippen LogP contribution is 2.21. The first-order valence-corrected chi connectivity index (χ1v) is 10.5. The number of likely N-dealkylation sites (N-methyl/N-ethyl adjacent to an activating group) is 1. The second-order valence-electron chi connectivity index (χ2n) is 7.80. The third kappa shape index (κ3) is 8.68. The van der Waals surface area contributed by atoms with Crippen molar-refractivity contribution in [2.75, 3.05) is 46.7 Å². The number of rotatable bonds is 10. The normalized spacial score (nSPS) is 12.4. The summed E-state index contributed by atoms with van der Waals surface area (Å²) in [5, 5.41) is 9.62. The van der Waals surface area contributed by atoms with Gasteiger partial charge in [0.05, 0.1) is 13.7 Å². The number of nitrogens with one attached hydrogen (secondary N) is 3. The number of nitrogens with zero attached hydrogens (tertiary/aromatic N) is 2. The number of guanidine groups is 1. The fraction of sp³-hybridized carbons (Fsp3) is 0.417. The molecule has 0 spiro atoms. The number of methoxy groups -OCH3 is 1. The van der Waals surface area contributed by atoms with E-state index in [1.807, 2.05) is 55.4 Å². The first-order chi connectivity index (χ1) is 14.9. The van der Waals surface area contributed by atoms with Gasteiger partial charge in [-0.05, 0) is 61.8 Å². The summed E-state index contributed by atoms with van der Waals surface area (Å²) in [4.78, 5) is 18.1. The minimum Gasteiger partial charge on any atom is -0.497 e. The van der Waals surface area contributed by atoms with Crippen molar-refractivity contribution in [3.8, 4) is 5.75 Å². The number of hydrogen-bond acceptors (Lipinski definition) is 4. The van der Waals surface area contributed by atoms with E-state index in [9.17, 15) is 4.79 Å². The summed E-state index contributed by atoms with van der Waals surface area (Å²) >= 11 is 0. The van der Waals surface area contributed by atoms with Crippen LogP contribution in [0.15, 0.2) is 53.5 Å². The third-order valence-electron chi connectivity index (χ3n) is 4.91. The lowest BCUT2D eigenvalue weighted by molar-refractivity contribution is -0.116. The largest absolute Gasteiger partial charge is 0.497 e. The number of aliphatic imine (C=N–C) groups is 1. The fourth-order valence-corrected chi connectivity index (χ4v) is 3.16. The van der Waals surface area contributed by atoms with E-state index < -0.39 is 0 Å². The van der Waals surface area contributed by atoms with Crippen LogP contribution in [0.3, 0.4) is 0 Å². The lowest BCUT2D eigenvalue weighted by Gasteiger charge is -2.16. The van der Waals surface area contributed by atoms with Gasteiger partial charge in [0.1, 0.15) is 5.75 Å². The molecular weight excluding hydrogens is 390 g/mol. The van der Waals surface area contributed by atoms with E-state index in [4.69, 9.17) is 4.74 Å². The number of benzene rings is 2. The van der Waals surface area contributed by atoms with Crippen molar-refractivity contribution in [1.29, 1.82) is 0 Å². The standard InChI is InChI=1S/C24H35N5O2/c1-18(20-9-11-22(31-5)12-10-20)13-14-26-24(25-2)27-16-19-7-6-8-21(15-19)28-23(30)17-29(3)4/h6-12,15,18H,13-14,16-17H2,1-5H3,(H,28,30)(H2,25,26,27). The smallest absolute Gasteiger partial charge is 0.238 e. The van der Waals surface area contributed by atoms with Crippen LogP contribution in [0.25, 0.3) is 0 Å². The quantitative estimate of drug-likeness (QED) is 0.403. The van der Waals surface area contributed by atoms with E-state index in [0.717, 1.165) is 35.9 Å². The molecular formula is C24H35N5O2. The van der Waals surface area contributed by atoms with E-state index >= 15 is 0 Å². The summed E-state index contributed by atoms with van der Waals surface area (Å²) in [6, 6.07) is 16.0. The van der Waals surface area contributed by atoms with Gasteiger partial charge in [0.15, 0.2) is 5.96 Å². The second kappa shape index (κ2) is 12.6. The predicted octanol–water partition coefficient (Wildman–Crippen LogP) is 3.05. The van der Waals surface area contributed by atoms with Crippen molar-refractivity contribution in [3.05, 3.63) is 59.7 Å². The molecule has 0 aromatic heterocycles. The molecule has 31 heavy (non-hydrogen) atoms. The van der Waals surface area contributed by atoms with Crippen molar-refractivity contribution < 1.29 is 9.53 Å². The average molecular weight is 426 g/mol. The van der Waals surface area contributed by atoms with Crippen LogP contribution < -0.4 is 20.7 Å². The zero-order valence-corrected chi connectivity index (χ0v) is 19.2. The minimum absolute atomic E-state index is 0.0291.